The number of nitrogens with zero attached hydrogens (tertiary/aromatic N) is 3. The molecule has 1 fully saturated rings. The van der Waals surface area contributed by atoms with Crippen molar-refractivity contribution in [3.8, 4) is 0 Å². The predicted molar refractivity (Wildman–Crippen MR) is 62.9 cm³/mol. The zero-order chi connectivity index (χ0) is 13.1. The number of hydrogen-bond donors (Lipinski definition) is 1. The molecule has 0 unspecified atom stereocenters. The normalized spacial score (nSPS) is 24.1. The lowest BCUT2D eigenvalue weighted by Crippen LogP contribution is -2.51. The van der Waals surface area contributed by atoms with Crippen molar-refractivity contribution in [2.75, 3.05) is 13.1 Å². The minimum absolute atomic E-state index is 0.0620. The van der Waals surface area contributed by atoms with Gasteiger partial charge in [0.15, 0.2) is 5.82 Å². The van der Waals surface area contributed by atoms with Crippen LogP contribution in [-0.2, 0) is 11.3 Å². The Kier molecular flexibility index (Phi) is 3.81. The fourth-order valence-corrected chi connectivity index (χ4v) is 2.02. The van der Waals surface area contributed by atoms with Crippen LogP contribution in [0.1, 0.15) is 25.6 Å². The summed E-state index contributed by atoms with van der Waals surface area (Å²) in [6.07, 6.45) is 0.124. The van der Waals surface area contributed by atoms with Gasteiger partial charge >= 0.3 is 6.03 Å². The van der Waals surface area contributed by atoms with Crippen LogP contribution in [0.25, 0.3) is 0 Å². The number of ether oxygens (including phenoxy) is 1. The SMILES string of the molecule is Cc1nc(CNC(=O)N2C[C@@H](C)O[C@@H](C)C2)no1. The summed E-state index contributed by atoms with van der Waals surface area (Å²) in [5.74, 6) is 0.975. The molecule has 7 heteroatoms. The molecule has 1 aliphatic rings. The number of rotatable bonds is 2. The monoisotopic (exact) mass is 254 g/mol. The number of morpholine rings is 1. The second-order valence-electron chi connectivity index (χ2n) is 4.55. The number of urea groups is 1. The maximum Gasteiger partial charge on any atom is 0.317 e. The molecule has 0 saturated carbocycles. The average molecular weight is 254 g/mol. The Labute approximate surface area is 105 Å². The summed E-state index contributed by atoms with van der Waals surface area (Å²) in [5, 5.41) is 6.49. The smallest absolute Gasteiger partial charge is 0.317 e. The van der Waals surface area contributed by atoms with Crippen molar-refractivity contribution in [1.29, 1.82) is 0 Å². The van der Waals surface area contributed by atoms with E-state index in [4.69, 9.17) is 9.26 Å². The number of carbonyl (C=O) groups is 1. The molecular formula is C11H18N4O3. The highest BCUT2D eigenvalue weighted by molar-refractivity contribution is 5.74. The van der Waals surface area contributed by atoms with Gasteiger partial charge in [0, 0.05) is 20.0 Å². The molecule has 2 amide bonds. The van der Waals surface area contributed by atoms with Gasteiger partial charge in [-0.2, -0.15) is 4.98 Å². The lowest BCUT2D eigenvalue weighted by Gasteiger charge is -2.35. The highest BCUT2D eigenvalue weighted by Gasteiger charge is 2.25. The molecular weight excluding hydrogens is 236 g/mol. The standard InChI is InChI=1S/C11H18N4O3/c1-7-5-15(6-8(2)17-7)11(16)12-4-10-13-9(3)18-14-10/h7-8H,4-6H2,1-3H3,(H,12,16)/t7-,8+. The first-order valence-electron chi connectivity index (χ1n) is 6.02. The van der Waals surface area contributed by atoms with E-state index in [2.05, 4.69) is 15.5 Å². The highest BCUT2D eigenvalue weighted by Crippen LogP contribution is 2.10. The third-order valence-electron chi connectivity index (χ3n) is 2.67. The molecule has 1 aromatic rings. The molecule has 1 aliphatic heterocycles. The predicted octanol–water partition coefficient (Wildman–Crippen LogP) is 0.697. The van der Waals surface area contributed by atoms with Crippen molar-refractivity contribution in [2.45, 2.75) is 39.5 Å². The van der Waals surface area contributed by atoms with E-state index in [1.54, 1.807) is 11.8 Å². The number of amides is 2. The van der Waals surface area contributed by atoms with Crippen LogP contribution in [0.15, 0.2) is 4.52 Å². The zero-order valence-corrected chi connectivity index (χ0v) is 10.8. The summed E-state index contributed by atoms with van der Waals surface area (Å²) in [6.45, 7) is 7.10. The Hall–Kier alpha value is -1.63. The Bertz CT molecular complexity index is 410. The number of hydrogen-bond acceptors (Lipinski definition) is 5. The van der Waals surface area contributed by atoms with Gasteiger partial charge in [0.1, 0.15) is 0 Å². The van der Waals surface area contributed by atoms with Crippen molar-refractivity contribution in [3.05, 3.63) is 11.7 Å². The zero-order valence-electron chi connectivity index (χ0n) is 10.8. The van der Waals surface area contributed by atoms with E-state index >= 15 is 0 Å². The maximum absolute atomic E-state index is 11.9. The van der Waals surface area contributed by atoms with Gasteiger partial charge in [-0.05, 0) is 13.8 Å². The van der Waals surface area contributed by atoms with Gasteiger partial charge in [-0.3, -0.25) is 0 Å². The summed E-state index contributed by atoms with van der Waals surface area (Å²) in [4.78, 5) is 17.7. The fourth-order valence-electron chi connectivity index (χ4n) is 2.02. The van der Waals surface area contributed by atoms with Crippen molar-refractivity contribution >= 4 is 6.03 Å². The molecule has 2 rings (SSSR count). The second-order valence-corrected chi connectivity index (χ2v) is 4.55. The van der Waals surface area contributed by atoms with Crippen LogP contribution in [0.4, 0.5) is 4.79 Å². The van der Waals surface area contributed by atoms with E-state index in [0.29, 0.717) is 24.8 Å². The average Bonchev–Trinajstić information content (AvgIpc) is 2.70. The molecule has 0 aliphatic carbocycles. The summed E-state index contributed by atoms with van der Waals surface area (Å²) in [5.41, 5.74) is 0. The molecule has 0 radical (unpaired) electrons. The molecule has 2 heterocycles. The largest absolute Gasteiger partial charge is 0.372 e. The Balaban J connectivity index is 1.84. The van der Waals surface area contributed by atoms with Crippen molar-refractivity contribution in [3.63, 3.8) is 0 Å². The van der Waals surface area contributed by atoms with Crippen LogP contribution in [0, 0.1) is 6.92 Å². The van der Waals surface area contributed by atoms with E-state index < -0.39 is 0 Å². The molecule has 18 heavy (non-hydrogen) atoms. The van der Waals surface area contributed by atoms with Crippen LogP contribution in [-0.4, -0.2) is 46.4 Å². The van der Waals surface area contributed by atoms with Gasteiger partial charge in [0.05, 0.1) is 18.8 Å². The van der Waals surface area contributed by atoms with Crippen molar-refractivity contribution in [1.82, 2.24) is 20.4 Å². The minimum Gasteiger partial charge on any atom is -0.372 e. The highest BCUT2D eigenvalue weighted by atomic mass is 16.5. The minimum atomic E-state index is -0.126. The van der Waals surface area contributed by atoms with Crippen molar-refractivity contribution in [2.24, 2.45) is 0 Å². The fraction of sp³-hybridized carbons (Fsp3) is 0.727. The third-order valence-corrected chi connectivity index (χ3v) is 2.67. The number of carbonyl (C=O) groups excluding carboxylic acids is 1. The van der Waals surface area contributed by atoms with Crippen LogP contribution in [0.2, 0.25) is 0 Å². The lowest BCUT2D eigenvalue weighted by atomic mass is 10.2. The van der Waals surface area contributed by atoms with E-state index in [-0.39, 0.29) is 24.8 Å². The second kappa shape index (κ2) is 5.34. The summed E-state index contributed by atoms with van der Waals surface area (Å²) >= 11 is 0. The van der Waals surface area contributed by atoms with Gasteiger partial charge < -0.3 is 19.5 Å². The van der Waals surface area contributed by atoms with Gasteiger partial charge in [-0.25, -0.2) is 4.79 Å². The van der Waals surface area contributed by atoms with Crippen LogP contribution in [0.3, 0.4) is 0 Å². The topological polar surface area (TPSA) is 80.5 Å². The lowest BCUT2D eigenvalue weighted by molar-refractivity contribution is -0.0545. The molecule has 0 spiro atoms. The number of aryl methyl sites for hydroxylation is 1. The van der Waals surface area contributed by atoms with E-state index in [9.17, 15) is 4.79 Å². The van der Waals surface area contributed by atoms with Crippen LogP contribution in [0.5, 0.6) is 0 Å². The van der Waals surface area contributed by atoms with Crippen LogP contribution < -0.4 is 5.32 Å². The first kappa shape index (κ1) is 12.8. The van der Waals surface area contributed by atoms with Gasteiger partial charge in [0.2, 0.25) is 5.89 Å². The van der Waals surface area contributed by atoms with E-state index in [1.807, 2.05) is 13.8 Å². The molecule has 7 nitrogen and oxygen atoms in total. The molecule has 2 atom stereocenters. The Morgan fingerprint density at radius 1 is 1.44 bits per heavy atom. The quantitative estimate of drug-likeness (QED) is 0.840. The summed E-state index contributed by atoms with van der Waals surface area (Å²) < 4.78 is 10.4. The summed E-state index contributed by atoms with van der Waals surface area (Å²) in [6, 6.07) is -0.126. The number of aromatic nitrogens is 2. The van der Waals surface area contributed by atoms with Crippen LogP contribution >= 0.6 is 0 Å². The first-order valence-corrected chi connectivity index (χ1v) is 6.02. The maximum atomic E-state index is 11.9. The molecule has 0 aromatic carbocycles. The van der Waals surface area contributed by atoms with Gasteiger partial charge in [0.25, 0.3) is 0 Å². The summed E-state index contributed by atoms with van der Waals surface area (Å²) in [7, 11) is 0. The molecule has 1 saturated heterocycles. The molecule has 1 N–H and O–H groups in total. The van der Waals surface area contributed by atoms with Crippen molar-refractivity contribution < 1.29 is 14.1 Å². The van der Waals surface area contributed by atoms with Gasteiger partial charge in [-0.15, -0.1) is 0 Å². The first-order chi connectivity index (χ1) is 8.54. The molecule has 1 aromatic heterocycles. The molecule has 100 valence electrons. The number of nitrogens with one attached hydrogen (secondary N) is 1. The Morgan fingerprint density at radius 2 is 2.11 bits per heavy atom. The van der Waals surface area contributed by atoms with E-state index in [1.165, 1.54) is 0 Å². The third kappa shape index (κ3) is 3.19. The van der Waals surface area contributed by atoms with Gasteiger partial charge in [-0.1, -0.05) is 5.16 Å². The Morgan fingerprint density at radius 3 is 2.67 bits per heavy atom. The van der Waals surface area contributed by atoms with E-state index in [0.717, 1.165) is 0 Å². The molecule has 0 bridgehead atoms.